The van der Waals surface area contributed by atoms with Crippen LogP contribution in [0.3, 0.4) is 0 Å². The predicted molar refractivity (Wildman–Crippen MR) is 17.0 cm³/mol. The summed E-state index contributed by atoms with van der Waals surface area (Å²) < 4.78 is 60.5. The van der Waals surface area contributed by atoms with Crippen LogP contribution in [0, 0.1) is 0 Å². The Bertz CT molecular complexity index is 86.5. The monoisotopic (exact) mass is 279 g/mol. The van der Waals surface area contributed by atoms with E-state index < -0.39 is 36.0 Å². The van der Waals surface area contributed by atoms with Gasteiger partial charge in [-0.15, -0.1) is 0 Å². The van der Waals surface area contributed by atoms with Crippen molar-refractivity contribution in [2.75, 3.05) is 4.43 Å². The van der Waals surface area contributed by atoms with Crippen molar-refractivity contribution in [3.8, 4) is 0 Å². The first kappa shape index (κ1) is 10.3. The minimum atomic E-state index is -4.66. The van der Waals surface area contributed by atoms with Gasteiger partial charge in [0.05, 0.1) is 0 Å². The van der Waals surface area contributed by atoms with Crippen LogP contribution >= 0.6 is 0 Å². The molecular formula is C3H2F6I-. The van der Waals surface area contributed by atoms with Gasteiger partial charge in [-0.25, -0.2) is 0 Å². The van der Waals surface area contributed by atoms with Crippen LogP contribution in [0.1, 0.15) is 0 Å². The Morgan fingerprint density at radius 3 is 1.40 bits per heavy atom. The molecule has 0 bridgehead atoms. The molecule has 0 aliphatic heterocycles. The van der Waals surface area contributed by atoms with E-state index in [0.29, 0.717) is 0 Å². The molecule has 64 valence electrons. The summed E-state index contributed by atoms with van der Waals surface area (Å²) in [4.78, 5) is 0. The van der Waals surface area contributed by atoms with E-state index in [1.165, 1.54) is 0 Å². The van der Waals surface area contributed by atoms with E-state index in [-0.39, 0.29) is 0 Å². The fourth-order valence-electron chi connectivity index (χ4n) is 0.152. The number of hydrogen-bond acceptors (Lipinski definition) is 0. The third kappa shape index (κ3) is 8.31. The molecule has 0 aliphatic carbocycles. The van der Waals surface area contributed by atoms with Crippen LogP contribution < -0.4 is 21.2 Å². The maximum atomic E-state index is 11.1. The summed E-state index contributed by atoms with van der Waals surface area (Å²) in [7, 11) is 0. The quantitative estimate of drug-likeness (QED) is 0.333. The van der Waals surface area contributed by atoms with Crippen LogP contribution in [0.15, 0.2) is 0 Å². The molecule has 0 nitrogen and oxygen atoms in total. The molecule has 0 aliphatic rings. The van der Waals surface area contributed by atoms with E-state index in [0.717, 1.165) is 0 Å². The van der Waals surface area contributed by atoms with Crippen molar-refractivity contribution >= 4 is 0 Å². The van der Waals surface area contributed by atoms with Crippen molar-refractivity contribution in [1.29, 1.82) is 0 Å². The molecule has 0 saturated carbocycles. The summed E-state index contributed by atoms with van der Waals surface area (Å²) >= 11 is -2.73. The Balaban J connectivity index is 3.56. The van der Waals surface area contributed by atoms with Crippen molar-refractivity contribution in [3.63, 3.8) is 0 Å². The summed E-state index contributed by atoms with van der Waals surface area (Å²) in [6, 6.07) is 0. The van der Waals surface area contributed by atoms with E-state index in [1.54, 1.807) is 0 Å². The number of alkyl halides is 8. The standard InChI is InChI=1S/C3H2F6I/c4-2(5,6)1-10-3(7,8)9/h1H2/q-1. The van der Waals surface area contributed by atoms with Gasteiger partial charge in [-0.3, -0.25) is 0 Å². The Hall–Kier alpha value is 0.310. The molecule has 0 fully saturated rings. The molecule has 0 N–H and O–H groups in total. The molecule has 0 unspecified atom stereocenters. The van der Waals surface area contributed by atoms with Gasteiger partial charge in [0.2, 0.25) is 0 Å². The number of halogens is 7. The molecule has 0 aromatic heterocycles. The van der Waals surface area contributed by atoms with Crippen LogP contribution in [0.5, 0.6) is 0 Å². The molecule has 0 atom stereocenters. The van der Waals surface area contributed by atoms with Gasteiger partial charge in [0.25, 0.3) is 0 Å². The first-order valence-corrected chi connectivity index (χ1v) is 4.55. The maximum absolute atomic E-state index is 11.1. The van der Waals surface area contributed by atoms with Crippen molar-refractivity contribution < 1.29 is 47.5 Å². The van der Waals surface area contributed by atoms with E-state index in [4.69, 9.17) is 0 Å². The van der Waals surface area contributed by atoms with Gasteiger partial charge in [0.15, 0.2) is 0 Å². The molecule has 0 saturated heterocycles. The van der Waals surface area contributed by atoms with Crippen LogP contribution in [0.2, 0.25) is 0 Å². The van der Waals surface area contributed by atoms with Crippen molar-refractivity contribution in [2.24, 2.45) is 0 Å². The number of hydrogen-bond donors (Lipinski definition) is 0. The Morgan fingerprint density at radius 1 is 0.900 bits per heavy atom. The topological polar surface area (TPSA) is 0 Å². The molecule has 0 spiro atoms. The van der Waals surface area contributed by atoms with Crippen LogP contribution in [-0.2, 0) is 0 Å². The van der Waals surface area contributed by atoms with Crippen molar-refractivity contribution in [3.05, 3.63) is 0 Å². The van der Waals surface area contributed by atoms with Gasteiger partial charge in [0, 0.05) is 0 Å². The van der Waals surface area contributed by atoms with Gasteiger partial charge in [-0.05, 0) is 0 Å². The predicted octanol–water partition coefficient (Wildman–Crippen LogP) is -0.843. The second-order valence-corrected chi connectivity index (χ2v) is 4.06. The Kier molecular flexibility index (Phi) is 3.24. The van der Waals surface area contributed by atoms with Gasteiger partial charge in [0.1, 0.15) is 0 Å². The first-order valence-electron chi connectivity index (χ1n) is 1.94. The van der Waals surface area contributed by atoms with Gasteiger partial charge in [-0.1, -0.05) is 0 Å². The average Bonchev–Trinajstić information content (AvgIpc) is 1.57. The summed E-state index contributed by atoms with van der Waals surface area (Å²) in [6.07, 6.45) is -4.66. The van der Waals surface area contributed by atoms with Crippen molar-refractivity contribution in [2.45, 2.75) is 10.4 Å². The Labute approximate surface area is 62.8 Å². The van der Waals surface area contributed by atoms with E-state index in [1.807, 2.05) is 0 Å². The van der Waals surface area contributed by atoms with Crippen LogP contribution in [-0.4, -0.2) is 14.8 Å². The number of rotatable bonds is 1. The first-order chi connectivity index (χ1) is 4.21. The Morgan fingerprint density at radius 2 is 1.30 bits per heavy atom. The van der Waals surface area contributed by atoms with Crippen LogP contribution in [0.4, 0.5) is 26.3 Å². The zero-order chi connectivity index (χ0) is 8.41. The van der Waals surface area contributed by atoms with E-state index >= 15 is 0 Å². The molecule has 0 radical (unpaired) electrons. The zero-order valence-corrected chi connectivity index (χ0v) is 6.51. The molecular weight excluding hydrogens is 277 g/mol. The third-order valence-electron chi connectivity index (χ3n) is 0.370. The van der Waals surface area contributed by atoms with Gasteiger partial charge in [-0.2, -0.15) is 0 Å². The summed E-state index contributed by atoms with van der Waals surface area (Å²) in [5.74, 6) is 0. The van der Waals surface area contributed by atoms with E-state index in [9.17, 15) is 26.3 Å². The fourth-order valence-corrected chi connectivity index (χ4v) is 1.02. The second-order valence-electron chi connectivity index (χ2n) is 1.31. The van der Waals surface area contributed by atoms with Crippen molar-refractivity contribution in [1.82, 2.24) is 0 Å². The fraction of sp³-hybridized carbons (Fsp3) is 1.00. The van der Waals surface area contributed by atoms with Gasteiger partial charge < -0.3 is 0 Å². The van der Waals surface area contributed by atoms with Gasteiger partial charge >= 0.3 is 62.3 Å². The van der Waals surface area contributed by atoms with Crippen LogP contribution in [0.25, 0.3) is 0 Å². The zero-order valence-electron chi connectivity index (χ0n) is 4.35. The SMILES string of the molecule is FC(F)(F)C[I-]C(F)(F)F. The molecule has 0 aromatic carbocycles. The molecule has 0 aromatic rings. The summed E-state index contributed by atoms with van der Waals surface area (Å²) in [5, 5.41) is 0. The molecule has 7 heteroatoms. The molecule has 0 heterocycles. The third-order valence-corrected chi connectivity index (χ3v) is 2.48. The second kappa shape index (κ2) is 3.14. The summed E-state index contributed by atoms with van der Waals surface area (Å²) in [6.45, 7) is 0. The average molecular weight is 279 g/mol. The summed E-state index contributed by atoms with van der Waals surface area (Å²) in [5.41, 5.74) is 0. The minimum absolute atomic E-state index is 1.69. The normalized spacial score (nSPS) is 14.2. The molecule has 0 amide bonds. The molecule has 0 rings (SSSR count). The molecule has 10 heavy (non-hydrogen) atoms. The van der Waals surface area contributed by atoms with E-state index in [2.05, 4.69) is 0 Å².